The van der Waals surface area contributed by atoms with Crippen molar-refractivity contribution in [3.8, 4) is 0 Å². The van der Waals surface area contributed by atoms with E-state index in [0.717, 1.165) is 10.8 Å². The van der Waals surface area contributed by atoms with Gasteiger partial charge in [0.05, 0.1) is 17.6 Å². The van der Waals surface area contributed by atoms with Crippen molar-refractivity contribution in [2.75, 3.05) is 7.11 Å². The van der Waals surface area contributed by atoms with Gasteiger partial charge >= 0.3 is 11.9 Å². The zero-order valence-electron chi connectivity index (χ0n) is 12.2. The van der Waals surface area contributed by atoms with Crippen molar-refractivity contribution in [2.24, 2.45) is 0 Å². The van der Waals surface area contributed by atoms with Gasteiger partial charge in [-0.2, -0.15) is 13.2 Å². The molecule has 3 aromatic rings. The SMILES string of the molecule is COn1c(=O)n(Cc2ccccc2C(F)(F)F)c2ccccc21. The van der Waals surface area contributed by atoms with Crippen molar-refractivity contribution in [1.29, 1.82) is 0 Å². The van der Waals surface area contributed by atoms with E-state index in [4.69, 9.17) is 4.84 Å². The number of alkyl halides is 3. The van der Waals surface area contributed by atoms with E-state index in [1.165, 1.54) is 29.9 Å². The van der Waals surface area contributed by atoms with E-state index in [2.05, 4.69) is 0 Å². The third kappa shape index (κ3) is 2.58. The molecule has 0 saturated carbocycles. The molecule has 0 aliphatic carbocycles. The Morgan fingerprint density at radius 1 is 1.00 bits per heavy atom. The molecule has 0 bridgehead atoms. The zero-order chi connectivity index (χ0) is 16.6. The first-order valence-corrected chi connectivity index (χ1v) is 6.83. The number of rotatable bonds is 3. The topological polar surface area (TPSA) is 36.2 Å². The number of aromatic nitrogens is 2. The fourth-order valence-corrected chi connectivity index (χ4v) is 2.61. The quantitative estimate of drug-likeness (QED) is 0.743. The summed E-state index contributed by atoms with van der Waals surface area (Å²) in [6, 6.07) is 12.0. The number of fused-ring (bicyclic) bond motifs is 1. The predicted molar refractivity (Wildman–Crippen MR) is 79.2 cm³/mol. The highest BCUT2D eigenvalue weighted by Gasteiger charge is 2.33. The Kier molecular flexibility index (Phi) is 3.63. The molecule has 4 nitrogen and oxygen atoms in total. The van der Waals surface area contributed by atoms with Gasteiger partial charge in [0, 0.05) is 0 Å². The van der Waals surface area contributed by atoms with Crippen LogP contribution < -0.4 is 10.5 Å². The first kappa shape index (κ1) is 15.2. The molecule has 120 valence electrons. The van der Waals surface area contributed by atoms with E-state index < -0.39 is 17.4 Å². The van der Waals surface area contributed by atoms with Gasteiger partial charge < -0.3 is 4.84 Å². The maximum absolute atomic E-state index is 13.1. The molecule has 1 aromatic heterocycles. The number of hydrogen-bond acceptors (Lipinski definition) is 2. The summed E-state index contributed by atoms with van der Waals surface area (Å²) in [4.78, 5) is 17.4. The number of halogens is 3. The Morgan fingerprint density at radius 2 is 1.61 bits per heavy atom. The molecule has 23 heavy (non-hydrogen) atoms. The lowest BCUT2D eigenvalue weighted by molar-refractivity contribution is -0.138. The summed E-state index contributed by atoms with van der Waals surface area (Å²) in [5.41, 5.74) is -0.228. The van der Waals surface area contributed by atoms with E-state index in [-0.39, 0.29) is 12.1 Å². The van der Waals surface area contributed by atoms with Crippen LogP contribution in [0.2, 0.25) is 0 Å². The molecule has 7 heteroatoms. The highest BCUT2D eigenvalue weighted by Crippen LogP contribution is 2.32. The molecule has 0 spiro atoms. The summed E-state index contributed by atoms with van der Waals surface area (Å²) in [7, 11) is 1.34. The number of nitrogens with zero attached hydrogens (tertiary/aromatic N) is 2. The summed E-state index contributed by atoms with van der Waals surface area (Å²) in [5.74, 6) is 0. The van der Waals surface area contributed by atoms with Gasteiger partial charge in [0.2, 0.25) is 0 Å². The lowest BCUT2D eigenvalue weighted by atomic mass is 10.1. The predicted octanol–water partition coefficient (Wildman–Crippen LogP) is 2.93. The maximum atomic E-state index is 13.1. The van der Waals surface area contributed by atoms with Crippen LogP contribution in [0, 0.1) is 0 Å². The van der Waals surface area contributed by atoms with Crippen molar-refractivity contribution in [1.82, 2.24) is 9.30 Å². The second-order valence-corrected chi connectivity index (χ2v) is 4.99. The van der Waals surface area contributed by atoms with Crippen LogP contribution >= 0.6 is 0 Å². The van der Waals surface area contributed by atoms with E-state index >= 15 is 0 Å². The van der Waals surface area contributed by atoms with Crippen LogP contribution in [0.5, 0.6) is 0 Å². The monoisotopic (exact) mass is 322 g/mol. The van der Waals surface area contributed by atoms with Crippen molar-refractivity contribution in [2.45, 2.75) is 12.7 Å². The van der Waals surface area contributed by atoms with Crippen molar-refractivity contribution >= 4 is 11.0 Å². The van der Waals surface area contributed by atoms with Gasteiger partial charge in [-0.25, -0.2) is 4.79 Å². The Bertz CT molecular complexity index is 910. The van der Waals surface area contributed by atoms with Gasteiger partial charge in [-0.05, 0) is 23.8 Å². The smallest absolute Gasteiger partial charge is 0.412 e. The largest absolute Gasteiger partial charge is 0.416 e. The average Bonchev–Trinajstić information content (AvgIpc) is 2.79. The second kappa shape index (κ2) is 5.49. The zero-order valence-corrected chi connectivity index (χ0v) is 12.2. The first-order chi connectivity index (χ1) is 10.9. The van der Waals surface area contributed by atoms with Crippen molar-refractivity contribution in [3.05, 3.63) is 70.1 Å². The molecule has 0 saturated heterocycles. The molecule has 0 aliphatic rings. The maximum Gasteiger partial charge on any atom is 0.416 e. The van der Waals surface area contributed by atoms with Gasteiger partial charge in [-0.15, -0.1) is 4.73 Å². The molecular formula is C16H13F3N2O2. The van der Waals surface area contributed by atoms with Gasteiger partial charge in [0.1, 0.15) is 12.6 Å². The van der Waals surface area contributed by atoms with Crippen LogP contribution in [0.25, 0.3) is 11.0 Å². The molecule has 2 aromatic carbocycles. The van der Waals surface area contributed by atoms with E-state index in [1.54, 1.807) is 24.3 Å². The lowest BCUT2D eigenvalue weighted by Gasteiger charge is -2.13. The Morgan fingerprint density at radius 3 is 2.26 bits per heavy atom. The molecule has 0 unspecified atom stereocenters. The standard InChI is InChI=1S/C16H13F3N2O2/c1-23-21-14-9-5-4-8-13(14)20(15(21)22)10-11-6-2-3-7-12(11)16(17,18)19/h2-9H,10H2,1H3. The van der Waals surface area contributed by atoms with Crippen molar-refractivity contribution < 1.29 is 18.0 Å². The fourth-order valence-electron chi connectivity index (χ4n) is 2.61. The average molecular weight is 322 g/mol. The van der Waals surface area contributed by atoms with Gasteiger partial charge in [0.25, 0.3) is 0 Å². The molecule has 0 radical (unpaired) electrons. The van der Waals surface area contributed by atoms with Crippen LogP contribution in [-0.4, -0.2) is 16.4 Å². The normalized spacial score (nSPS) is 11.8. The number of para-hydroxylation sites is 2. The Hall–Kier alpha value is -2.70. The van der Waals surface area contributed by atoms with Crippen molar-refractivity contribution in [3.63, 3.8) is 0 Å². The molecule has 3 rings (SSSR count). The molecule has 0 N–H and O–H groups in total. The Balaban J connectivity index is 2.18. The summed E-state index contributed by atoms with van der Waals surface area (Å²) < 4.78 is 41.7. The van der Waals surface area contributed by atoms with Crippen LogP contribution in [0.15, 0.2) is 53.3 Å². The molecule has 0 amide bonds. The summed E-state index contributed by atoms with van der Waals surface area (Å²) >= 11 is 0. The second-order valence-electron chi connectivity index (χ2n) is 4.99. The third-order valence-corrected chi connectivity index (χ3v) is 3.63. The molecule has 0 atom stereocenters. The Labute approximate surface area is 129 Å². The fraction of sp³-hybridized carbons (Fsp3) is 0.188. The van der Waals surface area contributed by atoms with Gasteiger partial charge in [-0.3, -0.25) is 4.57 Å². The van der Waals surface area contributed by atoms with Gasteiger partial charge in [0.15, 0.2) is 0 Å². The van der Waals surface area contributed by atoms with Crippen LogP contribution in [0.1, 0.15) is 11.1 Å². The summed E-state index contributed by atoms with van der Waals surface area (Å²) in [6.07, 6.45) is -4.47. The highest BCUT2D eigenvalue weighted by molar-refractivity contribution is 5.75. The van der Waals surface area contributed by atoms with Crippen LogP contribution in [0.4, 0.5) is 13.2 Å². The summed E-state index contributed by atoms with van der Waals surface area (Å²) in [6.45, 7) is -0.189. The number of benzene rings is 2. The van der Waals surface area contributed by atoms with E-state index in [9.17, 15) is 18.0 Å². The van der Waals surface area contributed by atoms with Crippen LogP contribution in [0.3, 0.4) is 0 Å². The number of imidazole rings is 1. The molecule has 0 fully saturated rings. The molecule has 1 heterocycles. The first-order valence-electron chi connectivity index (χ1n) is 6.83. The summed E-state index contributed by atoms with van der Waals surface area (Å²) in [5, 5.41) is 0. The molecular weight excluding hydrogens is 309 g/mol. The van der Waals surface area contributed by atoms with Gasteiger partial charge in [-0.1, -0.05) is 30.3 Å². The third-order valence-electron chi connectivity index (χ3n) is 3.63. The minimum absolute atomic E-state index is 0.0288. The minimum Gasteiger partial charge on any atom is -0.412 e. The minimum atomic E-state index is -4.47. The van der Waals surface area contributed by atoms with E-state index in [0.29, 0.717) is 11.0 Å². The highest BCUT2D eigenvalue weighted by atomic mass is 19.4. The van der Waals surface area contributed by atoms with E-state index in [1.807, 2.05) is 0 Å². The number of hydrogen-bond donors (Lipinski definition) is 0. The molecule has 0 aliphatic heterocycles. The van der Waals surface area contributed by atoms with Crippen LogP contribution in [-0.2, 0) is 12.7 Å². The lowest BCUT2D eigenvalue weighted by Crippen LogP contribution is -2.28.